The predicted octanol–water partition coefficient (Wildman–Crippen LogP) is 4.22. The third-order valence-corrected chi connectivity index (χ3v) is 8.43. The van der Waals surface area contributed by atoms with E-state index in [0.717, 1.165) is 35.2 Å². The van der Waals surface area contributed by atoms with Gasteiger partial charge < -0.3 is 9.64 Å². The molecule has 0 saturated carbocycles. The molecule has 0 radical (unpaired) electrons. The van der Waals surface area contributed by atoms with Crippen molar-refractivity contribution in [3.8, 4) is 0 Å². The van der Waals surface area contributed by atoms with Crippen molar-refractivity contribution >= 4 is 34.5 Å². The Morgan fingerprint density at radius 3 is 2.41 bits per heavy atom. The van der Waals surface area contributed by atoms with Crippen LogP contribution in [0, 0.1) is 0 Å². The number of thiazole rings is 1. The van der Waals surface area contributed by atoms with E-state index in [0.29, 0.717) is 32.7 Å². The maximum absolute atomic E-state index is 14.2. The lowest BCUT2D eigenvalue weighted by Crippen LogP contribution is -2.41. The van der Waals surface area contributed by atoms with E-state index >= 15 is 0 Å². The van der Waals surface area contributed by atoms with Crippen molar-refractivity contribution in [2.24, 2.45) is 4.99 Å². The first-order valence-corrected chi connectivity index (χ1v) is 14.0. The Morgan fingerprint density at radius 2 is 1.77 bits per heavy atom. The zero-order valence-corrected chi connectivity index (χ0v) is 24.0. The topological polar surface area (TPSA) is 81.0 Å². The van der Waals surface area contributed by atoms with Gasteiger partial charge in [-0.3, -0.25) is 14.2 Å². The van der Waals surface area contributed by atoms with Gasteiger partial charge in [0.05, 0.1) is 35.7 Å². The van der Waals surface area contributed by atoms with Crippen LogP contribution in [-0.4, -0.2) is 30.1 Å². The van der Waals surface area contributed by atoms with E-state index in [1.165, 1.54) is 18.4 Å². The van der Waals surface area contributed by atoms with Crippen molar-refractivity contribution in [3.05, 3.63) is 96.2 Å². The molecule has 2 aromatic carbocycles. The average molecular weight is 544 g/mol. The number of allylic oxidation sites excluding steroid dienone is 1. The molecule has 3 aromatic rings. The van der Waals surface area contributed by atoms with Crippen molar-refractivity contribution in [1.29, 1.82) is 0 Å². The van der Waals surface area contributed by atoms with Crippen LogP contribution in [0.4, 0.5) is 5.69 Å². The molecule has 3 heterocycles. The van der Waals surface area contributed by atoms with Crippen molar-refractivity contribution < 1.29 is 14.3 Å². The van der Waals surface area contributed by atoms with E-state index < -0.39 is 12.0 Å². The molecule has 1 atom stereocenters. The third-order valence-electron chi connectivity index (χ3n) is 7.38. The molecule has 5 rings (SSSR count). The number of para-hydroxylation sites is 1. The standard InChI is InChI=1S/C31H33N3O4S/c1-7-8-17-33-22-12-10-9-11-21(22)24(27(33)35)26-28(36)34-25(19-13-15-20(16-14-19)31(3,4)5)23(29(37)38-6)18(2)32-30(34)39-26/h9-16,25H,7-8,17H2,1-6H3/b26-24-/t25-/m0/s1. The number of carbonyl (C=O) groups is 2. The van der Waals surface area contributed by atoms with Gasteiger partial charge in [-0.15, -0.1) is 0 Å². The summed E-state index contributed by atoms with van der Waals surface area (Å²) in [6.07, 6.45) is 1.81. The minimum Gasteiger partial charge on any atom is -0.466 e. The molecule has 7 nitrogen and oxygen atoms in total. The van der Waals surface area contributed by atoms with Gasteiger partial charge in [-0.05, 0) is 36.0 Å². The molecule has 1 amide bonds. The Hall–Kier alpha value is -3.78. The smallest absolute Gasteiger partial charge is 0.338 e. The zero-order valence-electron chi connectivity index (χ0n) is 23.2. The van der Waals surface area contributed by atoms with Gasteiger partial charge in [0.1, 0.15) is 4.53 Å². The normalized spacial score (nSPS) is 18.2. The Morgan fingerprint density at radius 1 is 1.08 bits per heavy atom. The number of hydrogen-bond acceptors (Lipinski definition) is 6. The van der Waals surface area contributed by atoms with Crippen LogP contribution in [0.25, 0.3) is 5.57 Å². The first-order chi connectivity index (χ1) is 18.6. The summed E-state index contributed by atoms with van der Waals surface area (Å²) < 4.78 is 7.01. The summed E-state index contributed by atoms with van der Waals surface area (Å²) in [6.45, 7) is 10.8. The van der Waals surface area contributed by atoms with Gasteiger partial charge in [-0.25, -0.2) is 9.79 Å². The number of hydrogen-bond donors (Lipinski definition) is 0. The van der Waals surface area contributed by atoms with Crippen molar-refractivity contribution in [3.63, 3.8) is 0 Å². The van der Waals surface area contributed by atoms with Gasteiger partial charge in [-0.1, -0.05) is 87.9 Å². The van der Waals surface area contributed by atoms with E-state index in [9.17, 15) is 14.4 Å². The van der Waals surface area contributed by atoms with Gasteiger partial charge >= 0.3 is 5.97 Å². The molecule has 0 fully saturated rings. The summed E-state index contributed by atoms with van der Waals surface area (Å²) in [5.41, 5.74) is 4.29. The Bertz CT molecular complexity index is 1690. The summed E-state index contributed by atoms with van der Waals surface area (Å²) in [4.78, 5) is 47.8. The number of esters is 1. The average Bonchev–Trinajstić information content (AvgIpc) is 3.37. The quantitative estimate of drug-likeness (QED) is 0.452. The molecule has 0 unspecified atom stereocenters. The zero-order chi connectivity index (χ0) is 28.1. The van der Waals surface area contributed by atoms with E-state index in [-0.39, 0.29) is 16.9 Å². The molecule has 39 heavy (non-hydrogen) atoms. The molecule has 8 heteroatoms. The number of methoxy groups -OCH3 is 1. The Labute approximate surface area is 231 Å². The molecule has 0 N–H and O–H groups in total. The number of benzene rings is 2. The number of unbranched alkanes of at least 4 members (excludes halogenated alkanes) is 1. The van der Waals surface area contributed by atoms with Crippen molar-refractivity contribution in [2.45, 2.75) is 58.9 Å². The van der Waals surface area contributed by atoms with Gasteiger partial charge in [0.15, 0.2) is 4.80 Å². The summed E-state index contributed by atoms with van der Waals surface area (Å²) in [5, 5.41) is 0. The fourth-order valence-corrected chi connectivity index (χ4v) is 6.40. The maximum atomic E-state index is 14.2. The van der Waals surface area contributed by atoms with Crippen LogP contribution in [0.2, 0.25) is 0 Å². The van der Waals surface area contributed by atoms with Crippen LogP contribution >= 0.6 is 11.3 Å². The lowest BCUT2D eigenvalue weighted by molar-refractivity contribution is -0.136. The summed E-state index contributed by atoms with van der Waals surface area (Å²) >= 11 is 1.20. The highest BCUT2D eigenvalue weighted by atomic mass is 32.1. The van der Waals surface area contributed by atoms with Gasteiger partial charge in [0.2, 0.25) is 0 Å². The predicted molar refractivity (Wildman–Crippen MR) is 154 cm³/mol. The van der Waals surface area contributed by atoms with Gasteiger partial charge in [-0.2, -0.15) is 0 Å². The van der Waals surface area contributed by atoms with E-state index in [2.05, 4.69) is 32.7 Å². The van der Waals surface area contributed by atoms with Crippen LogP contribution in [0.5, 0.6) is 0 Å². The summed E-state index contributed by atoms with van der Waals surface area (Å²) in [5.74, 6) is -0.711. The van der Waals surface area contributed by atoms with Crippen LogP contribution in [0.3, 0.4) is 0 Å². The van der Waals surface area contributed by atoms with Crippen LogP contribution < -0.4 is 19.8 Å². The maximum Gasteiger partial charge on any atom is 0.338 e. The largest absolute Gasteiger partial charge is 0.466 e. The van der Waals surface area contributed by atoms with Gasteiger partial charge in [0.25, 0.3) is 11.5 Å². The number of amides is 1. The lowest BCUT2D eigenvalue weighted by atomic mass is 9.85. The minimum absolute atomic E-state index is 0.0502. The van der Waals surface area contributed by atoms with Crippen molar-refractivity contribution in [2.75, 3.05) is 18.6 Å². The number of nitrogens with zero attached hydrogens (tertiary/aromatic N) is 3. The van der Waals surface area contributed by atoms with Gasteiger partial charge in [0, 0.05) is 12.1 Å². The highest BCUT2D eigenvalue weighted by Crippen LogP contribution is 2.36. The fourth-order valence-electron chi connectivity index (χ4n) is 5.26. The summed E-state index contributed by atoms with van der Waals surface area (Å²) in [6, 6.07) is 14.8. The second-order valence-corrected chi connectivity index (χ2v) is 11.9. The molecule has 0 saturated heterocycles. The highest BCUT2D eigenvalue weighted by molar-refractivity contribution is 7.07. The number of aromatic nitrogens is 1. The monoisotopic (exact) mass is 543 g/mol. The second-order valence-electron chi connectivity index (χ2n) is 11.0. The first-order valence-electron chi connectivity index (χ1n) is 13.2. The SMILES string of the molecule is CCCCN1C(=O)/C(=c2\sc3n(c2=O)[C@@H](c2ccc(C(C)(C)C)cc2)C(C(=O)OC)=C(C)N=3)c2ccccc21. The van der Waals surface area contributed by atoms with Crippen molar-refractivity contribution in [1.82, 2.24) is 4.57 Å². The Balaban J connectivity index is 1.77. The lowest BCUT2D eigenvalue weighted by Gasteiger charge is -2.25. The van der Waals surface area contributed by atoms with E-state index in [1.807, 2.05) is 48.5 Å². The molecule has 0 spiro atoms. The fraction of sp³-hybridized carbons (Fsp3) is 0.355. The third kappa shape index (κ3) is 4.46. The molecular weight excluding hydrogens is 510 g/mol. The molecule has 202 valence electrons. The second kappa shape index (κ2) is 10.1. The van der Waals surface area contributed by atoms with E-state index in [4.69, 9.17) is 4.74 Å². The van der Waals surface area contributed by atoms with Crippen LogP contribution in [-0.2, 0) is 19.7 Å². The summed E-state index contributed by atoms with van der Waals surface area (Å²) in [7, 11) is 1.33. The number of rotatable bonds is 5. The van der Waals surface area contributed by atoms with E-state index in [1.54, 1.807) is 16.4 Å². The molecule has 2 aliphatic heterocycles. The Kier molecular flexibility index (Phi) is 6.93. The molecule has 1 aromatic heterocycles. The number of ether oxygens (including phenoxy) is 1. The minimum atomic E-state index is -0.722. The molecule has 0 bridgehead atoms. The van der Waals surface area contributed by atoms with Crippen LogP contribution in [0.1, 0.15) is 70.2 Å². The molecule has 0 aliphatic carbocycles. The number of carbonyl (C=O) groups excluding carboxylic acids is 2. The number of fused-ring (bicyclic) bond motifs is 2. The molecular formula is C31H33N3O4S. The first kappa shape index (κ1) is 26.8. The van der Waals surface area contributed by atoms with Crippen LogP contribution in [0.15, 0.2) is 69.6 Å². The highest BCUT2D eigenvalue weighted by Gasteiger charge is 2.37. The number of anilines is 1. The molecule has 2 aliphatic rings.